The zero-order valence-electron chi connectivity index (χ0n) is 10.9. The molecular weight excluding hydrogens is 222 g/mol. The molecule has 0 aromatic carbocycles. The van der Waals surface area contributed by atoms with E-state index in [9.17, 15) is 4.79 Å². The number of aromatic nitrogens is 2. The van der Waals surface area contributed by atoms with Crippen LogP contribution in [-0.2, 0) is 9.53 Å². The summed E-state index contributed by atoms with van der Waals surface area (Å²) >= 11 is 0. The zero-order chi connectivity index (χ0) is 13.0. The van der Waals surface area contributed by atoms with Gasteiger partial charge in [0.15, 0.2) is 0 Å². The molecule has 1 rings (SSSR count). The fraction of sp³-hybridized carbons (Fsp3) is 0.727. The number of anilines is 1. The first kappa shape index (κ1) is 13.5. The van der Waals surface area contributed by atoms with E-state index in [1.165, 1.54) is 0 Å². The Kier molecular flexibility index (Phi) is 4.48. The first-order chi connectivity index (χ1) is 7.97. The largest absolute Gasteiger partial charge is 0.465 e. The summed E-state index contributed by atoms with van der Waals surface area (Å²) in [6, 6.07) is 0. The van der Waals surface area contributed by atoms with E-state index in [0.717, 1.165) is 0 Å². The third kappa shape index (κ3) is 3.18. The van der Waals surface area contributed by atoms with Crippen LogP contribution in [0.2, 0.25) is 0 Å². The van der Waals surface area contributed by atoms with Crippen molar-refractivity contribution in [1.82, 2.24) is 10.1 Å². The van der Waals surface area contributed by atoms with Crippen LogP contribution in [0.5, 0.6) is 0 Å². The molecule has 6 nitrogen and oxygen atoms in total. The van der Waals surface area contributed by atoms with E-state index in [1.54, 1.807) is 11.8 Å². The topological polar surface area (TPSA) is 68.5 Å². The normalized spacial score (nSPS) is 12.6. The number of carbonyl (C=O) groups excluding carboxylic acids is 1. The molecular formula is C11H19N3O3. The summed E-state index contributed by atoms with van der Waals surface area (Å²) in [4.78, 5) is 17.7. The van der Waals surface area contributed by atoms with E-state index in [-0.39, 0.29) is 11.9 Å². The van der Waals surface area contributed by atoms with Crippen LogP contribution in [0.15, 0.2) is 4.52 Å². The van der Waals surface area contributed by atoms with Crippen molar-refractivity contribution in [1.29, 1.82) is 0 Å². The van der Waals surface area contributed by atoms with Gasteiger partial charge in [0.05, 0.1) is 6.61 Å². The van der Waals surface area contributed by atoms with Gasteiger partial charge < -0.3 is 14.2 Å². The molecule has 0 bridgehead atoms. The lowest BCUT2D eigenvalue weighted by Gasteiger charge is -2.14. The highest BCUT2D eigenvalue weighted by Crippen LogP contribution is 2.25. The fourth-order valence-electron chi connectivity index (χ4n) is 1.43. The van der Waals surface area contributed by atoms with E-state index in [4.69, 9.17) is 9.26 Å². The molecule has 1 unspecified atom stereocenters. The van der Waals surface area contributed by atoms with Crippen LogP contribution in [0.25, 0.3) is 0 Å². The third-order valence-electron chi connectivity index (χ3n) is 2.30. The summed E-state index contributed by atoms with van der Waals surface area (Å²) in [7, 11) is 3.62. The van der Waals surface area contributed by atoms with Crippen LogP contribution >= 0.6 is 0 Å². The number of esters is 1. The van der Waals surface area contributed by atoms with Gasteiger partial charge in [0.25, 0.3) is 5.95 Å². The van der Waals surface area contributed by atoms with Gasteiger partial charge in [-0.05, 0) is 18.0 Å². The summed E-state index contributed by atoms with van der Waals surface area (Å²) in [5.41, 5.74) is 0. The number of hydrogen-bond donors (Lipinski definition) is 0. The van der Waals surface area contributed by atoms with Gasteiger partial charge in [-0.2, -0.15) is 4.98 Å². The molecule has 0 spiro atoms. The molecule has 0 saturated carbocycles. The van der Waals surface area contributed by atoms with Gasteiger partial charge in [0.2, 0.25) is 5.89 Å². The minimum Gasteiger partial charge on any atom is -0.465 e. The number of rotatable bonds is 5. The van der Waals surface area contributed by atoms with Crippen LogP contribution in [0.1, 0.15) is 32.6 Å². The van der Waals surface area contributed by atoms with E-state index >= 15 is 0 Å². The molecule has 1 atom stereocenters. The number of carbonyl (C=O) groups is 1. The number of nitrogens with zero attached hydrogens (tertiary/aromatic N) is 3. The van der Waals surface area contributed by atoms with Gasteiger partial charge in [0, 0.05) is 14.1 Å². The average molecular weight is 241 g/mol. The Bertz CT molecular complexity index is 374. The summed E-state index contributed by atoms with van der Waals surface area (Å²) < 4.78 is 10.1. The summed E-state index contributed by atoms with van der Waals surface area (Å²) in [5.74, 6) is -0.0192. The van der Waals surface area contributed by atoms with Crippen LogP contribution in [0.4, 0.5) is 5.95 Å². The van der Waals surface area contributed by atoms with Crippen molar-refractivity contribution in [2.45, 2.75) is 26.7 Å². The van der Waals surface area contributed by atoms with Gasteiger partial charge in [-0.1, -0.05) is 13.8 Å². The summed E-state index contributed by atoms with van der Waals surface area (Å²) in [6.07, 6.45) is 0. The number of ether oxygens (including phenoxy) is 1. The van der Waals surface area contributed by atoms with E-state index in [0.29, 0.717) is 18.4 Å². The Morgan fingerprint density at radius 3 is 2.53 bits per heavy atom. The molecule has 17 heavy (non-hydrogen) atoms. The van der Waals surface area contributed by atoms with Gasteiger partial charge in [0.1, 0.15) is 5.92 Å². The van der Waals surface area contributed by atoms with E-state index < -0.39 is 5.92 Å². The van der Waals surface area contributed by atoms with E-state index in [2.05, 4.69) is 10.1 Å². The molecule has 0 aliphatic carbocycles. The Balaban J connectivity index is 2.93. The molecule has 1 aromatic rings. The van der Waals surface area contributed by atoms with Crippen molar-refractivity contribution in [3.05, 3.63) is 5.89 Å². The molecule has 0 fully saturated rings. The maximum atomic E-state index is 11.8. The minimum absolute atomic E-state index is 0.0458. The van der Waals surface area contributed by atoms with Crippen molar-refractivity contribution in [2.75, 3.05) is 25.6 Å². The SMILES string of the molecule is CCOC(=O)C(c1nc(N(C)C)no1)C(C)C. The van der Waals surface area contributed by atoms with E-state index in [1.807, 2.05) is 27.9 Å². The van der Waals surface area contributed by atoms with Gasteiger partial charge >= 0.3 is 5.97 Å². The highest BCUT2D eigenvalue weighted by atomic mass is 16.5. The lowest BCUT2D eigenvalue weighted by Crippen LogP contribution is -2.21. The third-order valence-corrected chi connectivity index (χ3v) is 2.30. The molecule has 0 aliphatic rings. The Morgan fingerprint density at radius 2 is 2.12 bits per heavy atom. The van der Waals surface area contributed by atoms with Crippen LogP contribution < -0.4 is 4.90 Å². The molecule has 0 amide bonds. The van der Waals surface area contributed by atoms with Gasteiger partial charge in [-0.3, -0.25) is 4.79 Å². The first-order valence-corrected chi connectivity index (χ1v) is 5.64. The summed E-state index contributed by atoms with van der Waals surface area (Å²) in [6.45, 7) is 5.95. The first-order valence-electron chi connectivity index (χ1n) is 5.64. The molecule has 6 heteroatoms. The predicted octanol–water partition coefficient (Wildman–Crippen LogP) is 1.44. The van der Waals surface area contributed by atoms with Crippen LogP contribution in [-0.4, -0.2) is 36.8 Å². The Labute approximate surface area is 101 Å². The minimum atomic E-state index is -0.504. The molecule has 0 aliphatic heterocycles. The molecule has 96 valence electrons. The van der Waals surface area contributed by atoms with Crippen molar-refractivity contribution < 1.29 is 14.1 Å². The molecule has 0 radical (unpaired) electrons. The van der Waals surface area contributed by atoms with Crippen molar-refractivity contribution in [3.63, 3.8) is 0 Å². The van der Waals surface area contributed by atoms with Crippen molar-refractivity contribution in [3.8, 4) is 0 Å². The number of hydrogen-bond acceptors (Lipinski definition) is 6. The maximum Gasteiger partial charge on any atom is 0.318 e. The second-order valence-corrected chi connectivity index (χ2v) is 4.30. The fourth-order valence-corrected chi connectivity index (χ4v) is 1.43. The van der Waals surface area contributed by atoms with Crippen LogP contribution in [0.3, 0.4) is 0 Å². The lowest BCUT2D eigenvalue weighted by atomic mass is 9.96. The monoisotopic (exact) mass is 241 g/mol. The van der Waals surface area contributed by atoms with Crippen molar-refractivity contribution in [2.24, 2.45) is 5.92 Å². The maximum absolute atomic E-state index is 11.8. The van der Waals surface area contributed by atoms with Crippen molar-refractivity contribution >= 4 is 11.9 Å². The second-order valence-electron chi connectivity index (χ2n) is 4.30. The predicted molar refractivity (Wildman–Crippen MR) is 62.8 cm³/mol. The summed E-state index contributed by atoms with van der Waals surface area (Å²) in [5, 5.41) is 3.79. The van der Waals surface area contributed by atoms with Gasteiger partial charge in [-0.15, -0.1) is 0 Å². The Hall–Kier alpha value is -1.59. The van der Waals surface area contributed by atoms with Crippen LogP contribution in [0, 0.1) is 5.92 Å². The quantitative estimate of drug-likeness (QED) is 0.726. The standard InChI is InChI=1S/C11H19N3O3/c1-6-16-10(15)8(7(2)3)9-12-11(13-17-9)14(4)5/h7-8H,6H2,1-5H3. The molecule has 1 heterocycles. The van der Waals surface area contributed by atoms with Gasteiger partial charge in [-0.25, -0.2) is 0 Å². The highest BCUT2D eigenvalue weighted by molar-refractivity contribution is 5.77. The zero-order valence-corrected chi connectivity index (χ0v) is 10.9. The lowest BCUT2D eigenvalue weighted by molar-refractivity contribution is -0.146. The smallest absolute Gasteiger partial charge is 0.318 e. The Morgan fingerprint density at radius 1 is 1.47 bits per heavy atom. The molecule has 1 aromatic heterocycles. The second kappa shape index (κ2) is 5.65. The average Bonchev–Trinajstić information content (AvgIpc) is 2.66. The highest BCUT2D eigenvalue weighted by Gasteiger charge is 2.31. The molecule has 0 N–H and O–H groups in total. The molecule has 0 saturated heterocycles.